The highest BCUT2D eigenvalue weighted by molar-refractivity contribution is 7.18. The van der Waals surface area contributed by atoms with Crippen molar-refractivity contribution in [1.82, 2.24) is 14.5 Å². The Morgan fingerprint density at radius 3 is 2.57 bits per heavy atom. The zero-order chi connectivity index (χ0) is 26.3. The summed E-state index contributed by atoms with van der Waals surface area (Å²) in [6, 6.07) is 12.0. The summed E-state index contributed by atoms with van der Waals surface area (Å²) in [5, 5.41) is 0.186. The summed E-state index contributed by atoms with van der Waals surface area (Å²) in [6.45, 7) is 2.78. The van der Waals surface area contributed by atoms with E-state index < -0.39 is 28.7 Å². The van der Waals surface area contributed by atoms with Gasteiger partial charge in [-0.3, -0.25) is 14.6 Å². The number of rotatable bonds is 5. The summed E-state index contributed by atoms with van der Waals surface area (Å²) in [4.78, 5) is 44.1. The minimum Gasteiger partial charge on any atom is -0.493 e. The number of thiophene rings is 1. The van der Waals surface area contributed by atoms with Crippen molar-refractivity contribution in [2.45, 2.75) is 32.5 Å². The van der Waals surface area contributed by atoms with Gasteiger partial charge in [0.1, 0.15) is 10.6 Å². The van der Waals surface area contributed by atoms with Gasteiger partial charge in [-0.1, -0.05) is 29.8 Å². The second kappa shape index (κ2) is 9.55. The summed E-state index contributed by atoms with van der Waals surface area (Å²) in [5.74, 6) is 0.566. The molecule has 0 bridgehead atoms. The quantitative estimate of drug-likeness (QED) is 0.415. The minimum atomic E-state index is -4.74. The second-order valence-corrected chi connectivity index (χ2v) is 9.88. The van der Waals surface area contributed by atoms with Gasteiger partial charge in [-0.2, -0.15) is 13.2 Å². The fourth-order valence-electron chi connectivity index (χ4n) is 4.46. The van der Waals surface area contributed by atoms with Crippen molar-refractivity contribution in [3.8, 4) is 11.4 Å². The van der Waals surface area contributed by atoms with E-state index in [1.807, 2.05) is 31.2 Å². The van der Waals surface area contributed by atoms with Gasteiger partial charge in [-0.15, -0.1) is 11.3 Å². The number of carbonyl (C=O) groups excluding carboxylic acids is 1. The van der Waals surface area contributed by atoms with Crippen LogP contribution in [0.15, 0.2) is 58.1 Å². The maximum atomic E-state index is 13.6. The van der Waals surface area contributed by atoms with Crippen molar-refractivity contribution in [2.75, 3.05) is 13.2 Å². The molecule has 0 fully saturated rings. The van der Waals surface area contributed by atoms with Crippen LogP contribution in [0.3, 0.4) is 0 Å². The number of aromatic amines is 1. The van der Waals surface area contributed by atoms with Gasteiger partial charge >= 0.3 is 11.9 Å². The first-order chi connectivity index (χ1) is 17.6. The van der Waals surface area contributed by atoms with Gasteiger partial charge < -0.3 is 9.64 Å². The predicted octanol–water partition coefficient (Wildman–Crippen LogP) is 4.42. The smallest absolute Gasteiger partial charge is 0.418 e. The van der Waals surface area contributed by atoms with Crippen molar-refractivity contribution in [3.63, 3.8) is 0 Å². The Labute approximate surface area is 212 Å². The molecule has 0 atom stereocenters. The number of para-hydroxylation sites is 1. The number of amides is 1. The molecule has 2 aromatic carbocycles. The lowest BCUT2D eigenvalue weighted by atomic mass is 10.0. The molecule has 1 aliphatic heterocycles. The molecular formula is C26H22F3N3O4S. The molecule has 7 nitrogen and oxygen atoms in total. The van der Waals surface area contributed by atoms with Crippen molar-refractivity contribution in [2.24, 2.45) is 0 Å². The van der Waals surface area contributed by atoms with Crippen LogP contribution in [0.2, 0.25) is 0 Å². The summed E-state index contributed by atoms with van der Waals surface area (Å²) >= 11 is 1.17. The van der Waals surface area contributed by atoms with E-state index in [-0.39, 0.29) is 35.7 Å². The number of hydrogen-bond donors (Lipinski definition) is 1. The average molecular weight is 530 g/mol. The molecule has 0 radical (unpaired) electrons. The molecule has 1 aliphatic rings. The van der Waals surface area contributed by atoms with Crippen LogP contribution in [0.1, 0.15) is 28.0 Å². The molecule has 2 aromatic heterocycles. The van der Waals surface area contributed by atoms with E-state index >= 15 is 0 Å². The predicted molar refractivity (Wildman–Crippen MR) is 133 cm³/mol. The molecule has 1 amide bonds. The zero-order valence-electron chi connectivity index (χ0n) is 19.7. The molecule has 0 spiro atoms. The maximum absolute atomic E-state index is 13.6. The van der Waals surface area contributed by atoms with Gasteiger partial charge in [-0.05, 0) is 43.2 Å². The lowest BCUT2D eigenvalue weighted by molar-refractivity contribution is -0.137. The third-order valence-corrected chi connectivity index (χ3v) is 7.44. The monoisotopic (exact) mass is 529 g/mol. The molecule has 11 heteroatoms. The highest BCUT2D eigenvalue weighted by Gasteiger charge is 2.35. The first kappa shape index (κ1) is 24.8. The van der Waals surface area contributed by atoms with Crippen LogP contribution in [-0.4, -0.2) is 33.5 Å². The minimum absolute atomic E-state index is 0.111. The van der Waals surface area contributed by atoms with Crippen LogP contribution >= 0.6 is 11.3 Å². The highest BCUT2D eigenvalue weighted by atomic mass is 32.1. The fraction of sp³-hybridized carbons (Fsp3) is 0.269. The number of aromatic nitrogens is 2. The van der Waals surface area contributed by atoms with E-state index in [2.05, 4.69) is 4.98 Å². The van der Waals surface area contributed by atoms with Gasteiger partial charge in [0.2, 0.25) is 5.91 Å². The molecule has 0 unspecified atom stereocenters. The van der Waals surface area contributed by atoms with E-state index in [9.17, 15) is 27.6 Å². The second-order valence-electron chi connectivity index (χ2n) is 8.77. The Balaban J connectivity index is 1.40. The normalized spacial score (nSPS) is 13.6. The van der Waals surface area contributed by atoms with Crippen LogP contribution in [0.5, 0.6) is 5.75 Å². The number of ether oxygens (including phenoxy) is 1. The van der Waals surface area contributed by atoms with Crippen molar-refractivity contribution < 1.29 is 22.7 Å². The number of benzene rings is 2. The number of halogens is 3. The number of hydrogen-bond acceptors (Lipinski definition) is 5. The van der Waals surface area contributed by atoms with E-state index in [1.54, 1.807) is 4.90 Å². The number of nitrogens with zero attached hydrogens (tertiary/aromatic N) is 2. The average Bonchev–Trinajstić information content (AvgIpc) is 3.22. The van der Waals surface area contributed by atoms with Crippen molar-refractivity contribution in [1.29, 1.82) is 0 Å². The van der Waals surface area contributed by atoms with Gasteiger partial charge in [-0.25, -0.2) is 9.36 Å². The van der Waals surface area contributed by atoms with Crippen molar-refractivity contribution in [3.05, 3.63) is 90.9 Å². The van der Waals surface area contributed by atoms with Gasteiger partial charge in [0.25, 0.3) is 5.56 Å². The fourth-order valence-corrected chi connectivity index (χ4v) is 5.71. The topological polar surface area (TPSA) is 84.4 Å². The Hall–Kier alpha value is -3.86. The van der Waals surface area contributed by atoms with Crippen LogP contribution < -0.4 is 16.0 Å². The molecule has 5 rings (SSSR count). The number of alkyl halides is 3. The highest BCUT2D eigenvalue weighted by Crippen LogP contribution is 2.35. The third kappa shape index (κ3) is 4.78. The van der Waals surface area contributed by atoms with E-state index in [0.29, 0.717) is 28.8 Å². The van der Waals surface area contributed by atoms with E-state index in [4.69, 9.17) is 4.74 Å². The zero-order valence-corrected chi connectivity index (χ0v) is 20.5. The number of fused-ring (bicyclic) bond motifs is 3. The molecule has 192 valence electrons. The number of aryl methyl sites for hydroxylation is 1. The number of H-pyrrole nitrogens is 1. The van der Waals surface area contributed by atoms with Crippen LogP contribution in [0, 0.1) is 6.92 Å². The molecule has 0 aliphatic carbocycles. The lowest BCUT2D eigenvalue weighted by Crippen LogP contribution is -2.37. The standard InChI is InChI=1S/C26H22F3N3O4S/c1-15-6-8-16(9-7-15)36-13-11-21(33)31-12-10-17-20(14-31)37-23-22(17)24(34)32(25(35)30-23)19-5-3-2-4-18(19)26(27,28)29/h2-9H,10-14H2,1H3,(H,30,35). The maximum Gasteiger partial charge on any atom is 0.418 e. The van der Waals surface area contributed by atoms with Crippen molar-refractivity contribution >= 4 is 27.5 Å². The Bertz CT molecular complexity index is 1600. The summed E-state index contributed by atoms with van der Waals surface area (Å²) in [6.07, 6.45) is -4.22. The molecule has 1 N–H and O–H groups in total. The van der Waals surface area contributed by atoms with E-state index in [1.165, 1.54) is 23.5 Å². The Morgan fingerprint density at radius 1 is 1.11 bits per heavy atom. The van der Waals surface area contributed by atoms with Crippen LogP contribution in [0.4, 0.5) is 13.2 Å². The summed E-state index contributed by atoms with van der Waals surface area (Å²) in [5.41, 5.74) is -1.60. The first-order valence-corrected chi connectivity index (χ1v) is 12.4. The Kier molecular flexibility index (Phi) is 6.40. The largest absolute Gasteiger partial charge is 0.493 e. The third-order valence-electron chi connectivity index (χ3n) is 6.31. The van der Waals surface area contributed by atoms with Crippen LogP contribution in [-0.2, 0) is 23.9 Å². The summed E-state index contributed by atoms with van der Waals surface area (Å²) in [7, 11) is 0. The molecule has 4 aromatic rings. The van der Waals surface area contributed by atoms with Gasteiger partial charge in [0.05, 0.1) is 36.2 Å². The summed E-state index contributed by atoms with van der Waals surface area (Å²) < 4.78 is 46.9. The first-order valence-electron chi connectivity index (χ1n) is 11.6. The van der Waals surface area contributed by atoms with Crippen LogP contribution in [0.25, 0.3) is 15.9 Å². The molecule has 3 heterocycles. The molecular weight excluding hydrogens is 507 g/mol. The molecule has 37 heavy (non-hydrogen) atoms. The number of carbonyl (C=O) groups is 1. The Morgan fingerprint density at radius 2 is 1.84 bits per heavy atom. The lowest BCUT2D eigenvalue weighted by Gasteiger charge is -2.27. The molecule has 0 saturated carbocycles. The van der Waals surface area contributed by atoms with Gasteiger partial charge in [0, 0.05) is 11.4 Å². The van der Waals surface area contributed by atoms with E-state index in [0.717, 1.165) is 22.6 Å². The SMILES string of the molecule is Cc1ccc(OCCC(=O)N2CCc3c(sc4[nH]c(=O)n(-c5ccccc5C(F)(F)F)c(=O)c34)C2)cc1. The van der Waals surface area contributed by atoms with Gasteiger partial charge in [0.15, 0.2) is 0 Å². The number of nitrogens with one attached hydrogen (secondary N) is 1. The molecule has 0 saturated heterocycles.